The molecule has 0 spiro atoms. The standard InChI is InChI=1S/C11H19N3O2S/c1-4-14(10(15)8(2)3)7-5-6-9-12-13-11(16)17-9/h8H,4-7H2,1-3H3,(H,13,16). The lowest BCUT2D eigenvalue weighted by Gasteiger charge is -2.22. The zero-order valence-electron chi connectivity index (χ0n) is 10.5. The Labute approximate surface area is 105 Å². The van der Waals surface area contributed by atoms with Crippen LogP contribution in [0.3, 0.4) is 0 Å². The van der Waals surface area contributed by atoms with Gasteiger partial charge in [0, 0.05) is 25.4 Å². The summed E-state index contributed by atoms with van der Waals surface area (Å²) >= 11 is 1.14. The molecule has 96 valence electrons. The van der Waals surface area contributed by atoms with E-state index in [9.17, 15) is 9.59 Å². The third-order valence-electron chi connectivity index (χ3n) is 2.49. The van der Waals surface area contributed by atoms with Gasteiger partial charge in [0.2, 0.25) is 5.91 Å². The van der Waals surface area contributed by atoms with E-state index in [0.29, 0.717) is 0 Å². The van der Waals surface area contributed by atoms with Crippen molar-refractivity contribution in [2.75, 3.05) is 13.1 Å². The molecule has 1 heterocycles. The molecule has 6 heteroatoms. The van der Waals surface area contributed by atoms with E-state index in [2.05, 4.69) is 10.2 Å². The number of carbonyl (C=O) groups is 1. The van der Waals surface area contributed by atoms with Crippen molar-refractivity contribution >= 4 is 17.2 Å². The van der Waals surface area contributed by atoms with Crippen molar-refractivity contribution in [2.45, 2.75) is 33.6 Å². The maximum absolute atomic E-state index is 11.8. The second-order valence-electron chi connectivity index (χ2n) is 4.18. The molecule has 1 aromatic heterocycles. The Morgan fingerprint density at radius 2 is 2.24 bits per heavy atom. The molecule has 0 fully saturated rings. The number of nitrogens with zero attached hydrogens (tertiary/aromatic N) is 2. The van der Waals surface area contributed by atoms with E-state index in [1.54, 1.807) is 0 Å². The Morgan fingerprint density at radius 3 is 2.71 bits per heavy atom. The van der Waals surface area contributed by atoms with Crippen molar-refractivity contribution in [2.24, 2.45) is 5.92 Å². The largest absolute Gasteiger partial charge is 0.343 e. The van der Waals surface area contributed by atoms with E-state index in [-0.39, 0.29) is 16.7 Å². The number of H-pyrrole nitrogens is 1. The molecule has 1 N–H and O–H groups in total. The van der Waals surface area contributed by atoms with Crippen LogP contribution in [0.1, 0.15) is 32.2 Å². The highest BCUT2D eigenvalue weighted by Gasteiger charge is 2.14. The van der Waals surface area contributed by atoms with Crippen LogP contribution in [0.15, 0.2) is 4.79 Å². The van der Waals surface area contributed by atoms with Crippen LogP contribution in [0.4, 0.5) is 0 Å². The average Bonchev–Trinajstić information content (AvgIpc) is 2.69. The van der Waals surface area contributed by atoms with Crippen molar-refractivity contribution in [3.63, 3.8) is 0 Å². The summed E-state index contributed by atoms with van der Waals surface area (Å²) in [7, 11) is 0. The molecule has 0 aromatic carbocycles. The van der Waals surface area contributed by atoms with E-state index in [4.69, 9.17) is 0 Å². The number of hydrogen-bond donors (Lipinski definition) is 1. The lowest BCUT2D eigenvalue weighted by Crippen LogP contribution is -2.35. The Balaban J connectivity index is 2.38. The van der Waals surface area contributed by atoms with Crippen LogP contribution >= 0.6 is 11.3 Å². The third kappa shape index (κ3) is 4.30. The lowest BCUT2D eigenvalue weighted by atomic mass is 10.2. The smallest absolute Gasteiger partial charge is 0.322 e. The molecule has 5 nitrogen and oxygen atoms in total. The zero-order valence-corrected chi connectivity index (χ0v) is 11.3. The topological polar surface area (TPSA) is 66.1 Å². The van der Waals surface area contributed by atoms with Gasteiger partial charge in [-0.05, 0) is 13.3 Å². The summed E-state index contributed by atoms with van der Waals surface area (Å²) in [5.41, 5.74) is 0. The van der Waals surface area contributed by atoms with Crippen molar-refractivity contribution in [1.29, 1.82) is 0 Å². The predicted molar refractivity (Wildman–Crippen MR) is 68.1 cm³/mol. The fraction of sp³-hybridized carbons (Fsp3) is 0.727. The van der Waals surface area contributed by atoms with Crippen LogP contribution in [0.5, 0.6) is 0 Å². The predicted octanol–water partition coefficient (Wildman–Crippen LogP) is 1.27. The third-order valence-corrected chi connectivity index (χ3v) is 3.30. The van der Waals surface area contributed by atoms with Gasteiger partial charge in [-0.15, -0.1) is 0 Å². The molecular formula is C11H19N3O2S. The van der Waals surface area contributed by atoms with Gasteiger partial charge in [0.1, 0.15) is 5.01 Å². The van der Waals surface area contributed by atoms with Crippen molar-refractivity contribution < 1.29 is 4.79 Å². The summed E-state index contributed by atoms with van der Waals surface area (Å²) < 4.78 is 0. The lowest BCUT2D eigenvalue weighted by molar-refractivity contribution is -0.134. The van der Waals surface area contributed by atoms with Gasteiger partial charge >= 0.3 is 4.87 Å². The van der Waals surface area contributed by atoms with Crippen LogP contribution in [-0.4, -0.2) is 34.1 Å². The quantitative estimate of drug-likeness (QED) is 0.834. The molecule has 1 rings (SSSR count). The zero-order chi connectivity index (χ0) is 12.8. The maximum Gasteiger partial charge on any atom is 0.322 e. The van der Waals surface area contributed by atoms with Crippen LogP contribution in [0.2, 0.25) is 0 Å². The molecule has 1 amide bonds. The molecule has 0 saturated heterocycles. The molecule has 0 bridgehead atoms. The number of hydrogen-bond acceptors (Lipinski definition) is 4. The molecule has 0 radical (unpaired) electrons. The first kappa shape index (κ1) is 13.9. The number of aromatic amines is 1. The summed E-state index contributed by atoms with van der Waals surface area (Å²) in [5, 5.41) is 7.10. The summed E-state index contributed by atoms with van der Waals surface area (Å²) in [6.07, 6.45) is 1.58. The Hall–Kier alpha value is -1.17. The highest BCUT2D eigenvalue weighted by atomic mass is 32.1. The normalized spacial score (nSPS) is 10.8. The molecule has 0 atom stereocenters. The van der Waals surface area contributed by atoms with Gasteiger partial charge in [0.25, 0.3) is 0 Å². The molecular weight excluding hydrogens is 238 g/mol. The molecule has 0 aliphatic rings. The molecule has 0 unspecified atom stereocenters. The molecule has 0 aliphatic heterocycles. The molecule has 1 aromatic rings. The van der Waals surface area contributed by atoms with E-state index >= 15 is 0 Å². The Bertz CT molecular complexity index is 411. The number of aromatic nitrogens is 2. The SMILES string of the molecule is CCN(CCCc1n[nH]c(=O)s1)C(=O)C(C)C. The van der Waals surface area contributed by atoms with Crippen LogP contribution in [0.25, 0.3) is 0 Å². The number of carbonyl (C=O) groups excluding carboxylic acids is 1. The number of rotatable bonds is 6. The van der Waals surface area contributed by atoms with E-state index in [0.717, 1.165) is 42.3 Å². The second-order valence-corrected chi connectivity index (χ2v) is 5.23. The van der Waals surface area contributed by atoms with Gasteiger partial charge in [-0.25, -0.2) is 5.10 Å². The van der Waals surface area contributed by atoms with Gasteiger partial charge in [0.15, 0.2) is 0 Å². The highest BCUT2D eigenvalue weighted by molar-refractivity contribution is 7.08. The van der Waals surface area contributed by atoms with E-state index in [1.807, 2.05) is 25.7 Å². The minimum Gasteiger partial charge on any atom is -0.343 e. The fourth-order valence-corrected chi connectivity index (χ4v) is 2.22. The average molecular weight is 257 g/mol. The van der Waals surface area contributed by atoms with E-state index in [1.165, 1.54) is 0 Å². The van der Waals surface area contributed by atoms with E-state index < -0.39 is 0 Å². The minimum absolute atomic E-state index is 0.0383. The number of amides is 1. The van der Waals surface area contributed by atoms with Crippen LogP contribution < -0.4 is 4.87 Å². The van der Waals surface area contributed by atoms with Gasteiger partial charge in [-0.2, -0.15) is 5.10 Å². The van der Waals surface area contributed by atoms with Crippen LogP contribution in [-0.2, 0) is 11.2 Å². The molecule has 17 heavy (non-hydrogen) atoms. The van der Waals surface area contributed by atoms with Gasteiger partial charge in [0.05, 0.1) is 0 Å². The monoisotopic (exact) mass is 257 g/mol. The first-order chi connectivity index (χ1) is 8.04. The Morgan fingerprint density at radius 1 is 1.53 bits per heavy atom. The first-order valence-corrected chi connectivity index (χ1v) is 6.69. The van der Waals surface area contributed by atoms with Gasteiger partial charge < -0.3 is 4.90 Å². The van der Waals surface area contributed by atoms with Gasteiger partial charge in [-0.3, -0.25) is 9.59 Å². The Kier molecular flexibility index (Phi) is 5.34. The highest BCUT2D eigenvalue weighted by Crippen LogP contribution is 2.05. The summed E-state index contributed by atoms with van der Waals surface area (Å²) in [6, 6.07) is 0. The minimum atomic E-state index is -0.120. The van der Waals surface area contributed by atoms with Crippen molar-refractivity contribution in [3.05, 3.63) is 14.7 Å². The van der Waals surface area contributed by atoms with Crippen molar-refractivity contribution in [1.82, 2.24) is 15.1 Å². The summed E-state index contributed by atoms with van der Waals surface area (Å²) in [5.74, 6) is 0.221. The van der Waals surface area contributed by atoms with Crippen molar-refractivity contribution in [3.8, 4) is 0 Å². The fourth-order valence-electron chi connectivity index (χ4n) is 1.58. The summed E-state index contributed by atoms with van der Waals surface area (Å²) in [6.45, 7) is 7.25. The first-order valence-electron chi connectivity index (χ1n) is 5.87. The van der Waals surface area contributed by atoms with Crippen LogP contribution in [0, 0.1) is 5.92 Å². The number of nitrogens with one attached hydrogen (secondary N) is 1. The summed E-state index contributed by atoms with van der Waals surface area (Å²) in [4.78, 5) is 24.4. The number of aryl methyl sites for hydroxylation is 1. The van der Waals surface area contributed by atoms with Gasteiger partial charge in [-0.1, -0.05) is 25.2 Å². The molecule has 0 aliphatic carbocycles. The molecule has 0 saturated carbocycles. The maximum atomic E-state index is 11.8. The second kappa shape index (κ2) is 6.54.